The lowest BCUT2D eigenvalue weighted by molar-refractivity contribution is 0.351. The number of hydrogen-bond acceptors (Lipinski definition) is 2. The van der Waals surface area contributed by atoms with Crippen molar-refractivity contribution in [2.24, 2.45) is 11.8 Å². The average Bonchev–Trinajstić information content (AvgIpc) is 3.15. The molecule has 2 aliphatic carbocycles. The Labute approximate surface area is 123 Å². The molecule has 1 aromatic heterocycles. The van der Waals surface area contributed by atoms with Crippen molar-refractivity contribution >= 4 is 0 Å². The van der Waals surface area contributed by atoms with Crippen molar-refractivity contribution in [3.8, 4) is 0 Å². The van der Waals surface area contributed by atoms with Gasteiger partial charge in [0.25, 0.3) is 0 Å². The molecule has 1 heterocycles. The molecule has 20 heavy (non-hydrogen) atoms. The van der Waals surface area contributed by atoms with Crippen LogP contribution in [0.25, 0.3) is 0 Å². The van der Waals surface area contributed by atoms with Crippen LogP contribution in [0.15, 0.2) is 12.3 Å². The predicted octanol–water partition coefficient (Wildman–Crippen LogP) is 3.56. The van der Waals surface area contributed by atoms with Crippen molar-refractivity contribution in [1.82, 2.24) is 15.1 Å². The molecule has 1 aromatic rings. The maximum Gasteiger partial charge on any atom is 0.0627 e. The molecule has 0 saturated heterocycles. The third kappa shape index (κ3) is 2.93. The van der Waals surface area contributed by atoms with Crippen molar-refractivity contribution in [2.45, 2.75) is 70.9 Å². The third-order valence-corrected chi connectivity index (χ3v) is 5.53. The Hall–Kier alpha value is -0.830. The monoisotopic (exact) mass is 275 g/mol. The van der Waals surface area contributed by atoms with E-state index in [9.17, 15) is 0 Å². The molecule has 2 aliphatic rings. The van der Waals surface area contributed by atoms with Gasteiger partial charge in [0.2, 0.25) is 0 Å². The number of nitrogens with one attached hydrogen (secondary N) is 1. The van der Waals surface area contributed by atoms with Crippen molar-refractivity contribution < 1.29 is 0 Å². The van der Waals surface area contributed by atoms with Gasteiger partial charge in [0.05, 0.1) is 11.7 Å². The fourth-order valence-electron chi connectivity index (χ4n) is 4.21. The molecule has 2 fully saturated rings. The fraction of sp³-hybridized carbons (Fsp3) is 0.824. The highest BCUT2D eigenvalue weighted by Gasteiger charge is 2.32. The number of aromatic nitrogens is 2. The highest BCUT2D eigenvalue weighted by Crippen LogP contribution is 2.34. The first-order valence-corrected chi connectivity index (χ1v) is 8.55. The number of nitrogens with zero attached hydrogens (tertiary/aromatic N) is 2. The van der Waals surface area contributed by atoms with Crippen LogP contribution in [-0.2, 0) is 6.42 Å². The minimum atomic E-state index is 0.680. The Balaban J connectivity index is 1.58. The zero-order valence-corrected chi connectivity index (χ0v) is 13.0. The van der Waals surface area contributed by atoms with Crippen molar-refractivity contribution in [3.05, 3.63) is 18.0 Å². The Bertz CT molecular complexity index is 420. The molecule has 112 valence electrons. The van der Waals surface area contributed by atoms with E-state index in [2.05, 4.69) is 36.1 Å². The summed E-state index contributed by atoms with van der Waals surface area (Å²) in [6.07, 6.45) is 11.5. The number of hydrogen-bond donors (Lipinski definition) is 1. The van der Waals surface area contributed by atoms with Gasteiger partial charge in [0.1, 0.15) is 0 Å². The first kappa shape index (κ1) is 14.1. The molecule has 0 amide bonds. The van der Waals surface area contributed by atoms with Crippen molar-refractivity contribution in [3.63, 3.8) is 0 Å². The Morgan fingerprint density at radius 2 is 2.05 bits per heavy atom. The summed E-state index contributed by atoms with van der Waals surface area (Å²) in [4.78, 5) is 0. The summed E-state index contributed by atoms with van der Waals surface area (Å²) in [6.45, 7) is 5.72. The lowest BCUT2D eigenvalue weighted by atomic mass is 9.91. The van der Waals surface area contributed by atoms with E-state index >= 15 is 0 Å². The van der Waals surface area contributed by atoms with Crippen LogP contribution in [-0.4, -0.2) is 22.4 Å². The van der Waals surface area contributed by atoms with E-state index in [-0.39, 0.29) is 0 Å². The highest BCUT2D eigenvalue weighted by atomic mass is 15.3. The van der Waals surface area contributed by atoms with Gasteiger partial charge in [0.15, 0.2) is 0 Å². The predicted molar refractivity (Wildman–Crippen MR) is 82.8 cm³/mol. The Morgan fingerprint density at radius 3 is 2.80 bits per heavy atom. The van der Waals surface area contributed by atoms with E-state index in [1.165, 1.54) is 50.6 Å². The van der Waals surface area contributed by atoms with Crippen LogP contribution < -0.4 is 5.32 Å². The normalized spacial score (nSPS) is 31.2. The standard InChI is InChI=1S/C17H29N3/c1-3-18-17-9-8-14(13(17)2)12-15-10-11-20(19-15)16-6-4-5-7-16/h10-11,13-14,16-18H,3-9,12H2,1-2H3. The van der Waals surface area contributed by atoms with Gasteiger partial charge in [-0.2, -0.15) is 5.10 Å². The van der Waals surface area contributed by atoms with E-state index in [4.69, 9.17) is 5.10 Å². The van der Waals surface area contributed by atoms with Crippen LogP contribution >= 0.6 is 0 Å². The molecule has 1 N–H and O–H groups in total. The summed E-state index contributed by atoms with van der Waals surface area (Å²) < 4.78 is 2.24. The smallest absolute Gasteiger partial charge is 0.0627 e. The van der Waals surface area contributed by atoms with Gasteiger partial charge in [-0.1, -0.05) is 26.7 Å². The first-order valence-electron chi connectivity index (χ1n) is 8.55. The van der Waals surface area contributed by atoms with Crippen LogP contribution in [0.2, 0.25) is 0 Å². The lowest BCUT2D eigenvalue weighted by Crippen LogP contribution is -2.32. The van der Waals surface area contributed by atoms with Gasteiger partial charge in [-0.15, -0.1) is 0 Å². The summed E-state index contributed by atoms with van der Waals surface area (Å²) in [5.41, 5.74) is 1.31. The minimum absolute atomic E-state index is 0.680. The summed E-state index contributed by atoms with van der Waals surface area (Å²) in [6, 6.07) is 3.66. The Kier molecular flexibility index (Phi) is 4.45. The third-order valence-electron chi connectivity index (χ3n) is 5.53. The van der Waals surface area contributed by atoms with Gasteiger partial charge in [-0.05, 0) is 56.6 Å². The second-order valence-corrected chi connectivity index (χ2v) is 6.79. The largest absolute Gasteiger partial charge is 0.314 e. The van der Waals surface area contributed by atoms with E-state index in [0.29, 0.717) is 6.04 Å². The van der Waals surface area contributed by atoms with Gasteiger partial charge < -0.3 is 5.32 Å². The van der Waals surface area contributed by atoms with Crippen LogP contribution in [0.5, 0.6) is 0 Å². The van der Waals surface area contributed by atoms with Crippen LogP contribution in [0.4, 0.5) is 0 Å². The Morgan fingerprint density at radius 1 is 1.25 bits per heavy atom. The summed E-state index contributed by atoms with van der Waals surface area (Å²) in [5.74, 6) is 1.59. The van der Waals surface area contributed by atoms with Crippen LogP contribution in [0.3, 0.4) is 0 Å². The van der Waals surface area contributed by atoms with Gasteiger partial charge in [-0.3, -0.25) is 4.68 Å². The molecule has 3 rings (SSSR count). The maximum atomic E-state index is 4.86. The molecule has 0 radical (unpaired) electrons. The molecule has 0 aliphatic heterocycles. The lowest BCUT2D eigenvalue weighted by Gasteiger charge is -2.20. The number of rotatable bonds is 5. The maximum absolute atomic E-state index is 4.86. The summed E-state index contributed by atoms with van der Waals surface area (Å²) >= 11 is 0. The highest BCUT2D eigenvalue weighted by molar-refractivity contribution is 5.04. The van der Waals surface area contributed by atoms with E-state index in [1.807, 2.05) is 0 Å². The van der Waals surface area contributed by atoms with Crippen molar-refractivity contribution in [2.75, 3.05) is 6.54 Å². The second-order valence-electron chi connectivity index (χ2n) is 6.79. The summed E-state index contributed by atoms with van der Waals surface area (Å²) in [7, 11) is 0. The SMILES string of the molecule is CCNC1CCC(Cc2ccn(C3CCCC3)n2)C1C. The molecule has 3 nitrogen and oxygen atoms in total. The quantitative estimate of drug-likeness (QED) is 0.890. The summed E-state index contributed by atoms with van der Waals surface area (Å²) in [5, 5.41) is 8.49. The zero-order chi connectivity index (χ0) is 13.9. The van der Waals surface area contributed by atoms with Gasteiger partial charge in [-0.25, -0.2) is 0 Å². The first-order chi connectivity index (χ1) is 9.78. The van der Waals surface area contributed by atoms with Crippen LogP contribution in [0.1, 0.15) is 64.1 Å². The second kappa shape index (κ2) is 6.30. The van der Waals surface area contributed by atoms with E-state index in [0.717, 1.165) is 24.4 Å². The average molecular weight is 275 g/mol. The molecule has 0 aromatic carbocycles. The van der Waals surface area contributed by atoms with Gasteiger partial charge >= 0.3 is 0 Å². The van der Waals surface area contributed by atoms with E-state index < -0.39 is 0 Å². The molecular weight excluding hydrogens is 246 g/mol. The molecule has 3 atom stereocenters. The van der Waals surface area contributed by atoms with Crippen molar-refractivity contribution in [1.29, 1.82) is 0 Å². The molecular formula is C17H29N3. The molecule has 0 spiro atoms. The van der Waals surface area contributed by atoms with E-state index in [1.54, 1.807) is 0 Å². The topological polar surface area (TPSA) is 29.9 Å². The molecule has 3 heteroatoms. The fourth-order valence-corrected chi connectivity index (χ4v) is 4.21. The molecule has 2 saturated carbocycles. The van der Waals surface area contributed by atoms with Gasteiger partial charge in [0, 0.05) is 12.2 Å². The zero-order valence-electron chi connectivity index (χ0n) is 13.0. The van der Waals surface area contributed by atoms with Crippen LogP contribution in [0, 0.1) is 11.8 Å². The molecule has 0 bridgehead atoms. The minimum Gasteiger partial charge on any atom is -0.314 e. The molecule has 3 unspecified atom stereocenters.